The number of aromatic nitrogens is 3. The summed E-state index contributed by atoms with van der Waals surface area (Å²) < 4.78 is 1.68. The lowest BCUT2D eigenvalue weighted by molar-refractivity contribution is 0.782. The lowest BCUT2D eigenvalue weighted by Gasteiger charge is -1.96. The largest absolute Gasteiger partial charge is 0.384 e. The van der Waals surface area contributed by atoms with Crippen LogP contribution in [-0.4, -0.2) is 14.8 Å². The fourth-order valence-corrected chi connectivity index (χ4v) is 1.65. The first-order valence-electron chi connectivity index (χ1n) is 4.54. The Hall–Kier alpha value is -1.71. The van der Waals surface area contributed by atoms with Crippen molar-refractivity contribution >= 4 is 5.82 Å². The van der Waals surface area contributed by atoms with Crippen LogP contribution in [-0.2, 0) is 7.05 Å². The average Bonchev–Trinajstić information content (AvgIpc) is 2.59. The van der Waals surface area contributed by atoms with Crippen LogP contribution in [0.4, 0.5) is 5.82 Å². The van der Waals surface area contributed by atoms with Crippen LogP contribution in [0.2, 0.25) is 0 Å². The van der Waals surface area contributed by atoms with Gasteiger partial charge in [0.15, 0.2) is 0 Å². The maximum absolute atomic E-state index is 5.74. The summed E-state index contributed by atoms with van der Waals surface area (Å²) in [6, 6.07) is 1.89. The van der Waals surface area contributed by atoms with Crippen LogP contribution in [0.1, 0.15) is 11.3 Å². The van der Waals surface area contributed by atoms with Crippen LogP contribution in [0, 0.1) is 13.8 Å². The minimum atomic E-state index is 0.681. The first-order valence-corrected chi connectivity index (χ1v) is 4.54. The lowest BCUT2D eigenvalue weighted by Crippen LogP contribution is -1.96. The van der Waals surface area contributed by atoms with Crippen LogP contribution in [0.5, 0.6) is 0 Å². The van der Waals surface area contributed by atoms with Crippen LogP contribution in [0.25, 0.3) is 11.3 Å². The second kappa shape index (κ2) is 2.90. The third kappa shape index (κ3) is 1.19. The molecule has 2 aromatic heterocycles. The summed E-state index contributed by atoms with van der Waals surface area (Å²) in [4.78, 5) is 3.17. The predicted molar refractivity (Wildman–Crippen MR) is 56.9 cm³/mol. The summed E-state index contributed by atoms with van der Waals surface area (Å²) >= 11 is 0. The van der Waals surface area contributed by atoms with Crippen LogP contribution >= 0.6 is 0 Å². The van der Waals surface area contributed by atoms with Crippen molar-refractivity contribution in [1.82, 2.24) is 14.8 Å². The van der Waals surface area contributed by atoms with Crippen molar-refractivity contribution in [1.29, 1.82) is 0 Å². The van der Waals surface area contributed by atoms with Gasteiger partial charge in [-0.3, -0.25) is 4.68 Å². The SMILES string of the molecule is Cc1c[nH]c(C)c1-c1cc(N)n(C)n1. The van der Waals surface area contributed by atoms with Crippen molar-refractivity contribution in [3.63, 3.8) is 0 Å². The molecule has 0 unspecified atom stereocenters. The van der Waals surface area contributed by atoms with E-state index in [1.807, 2.05) is 26.2 Å². The van der Waals surface area contributed by atoms with Crippen LogP contribution in [0.3, 0.4) is 0 Å². The van der Waals surface area contributed by atoms with Crippen molar-refractivity contribution in [2.45, 2.75) is 13.8 Å². The van der Waals surface area contributed by atoms with Crippen molar-refractivity contribution in [2.24, 2.45) is 7.05 Å². The van der Waals surface area contributed by atoms with Gasteiger partial charge >= 0.3 is 0 Å². The first kappa shape index (κ1) is 8.87. The zero-order valence-electron chi connectivity index (χ0n) is 8.63. The minimum absolute atomic E-state index is 0.681. The number of aromatic amines is 1. The number of nitrogen functional groups attached to an aromatic ring is 1. The standard InChI is InChI=1S/C10H14N4/c1-6-5-12-7(2)10(6)8-4-9(11)14(3)13-8/h4-5,12H,11H2,1-3H3. The molecule has 0 aliphatic rings. The molecule has 0 spiro atoms. The lowest BCUT2D eigenvalue weighted by atomic mass is 10.1. The highest BCUT2D eigenvalue weighted by Crippen LogP contribution is 2.26. The number of nitrogens with one attached hydrogen (secondary N) is 1. The molecule has 3 N–H and O–H groups in total. The molecule has 4 heteroatoms. The van der Waals surface area contributed by atoms with Gasteiger partial charge in [-0.15, -0.1) is 0 Å². The number of H-pyrrole nitrogens is 1. The second-order valence-corrected chi connectivity index (χ2v) is 3.55. The summed E-state index contributed by atoms with van der Waals surface area (Å²) in [6.07, 6.45) is 1.98. The van der Waals surface area contributed by atoms with Crippen molar-refractivity contribution in [2.75, 3.05) is 5.73 Å². The van der Waals surface area contributed by atoms with Gasteiger partial charge in [-0.1, -0.05) is 0 Å². The Morgan fingerprint density at radius 1 is 1.43 bits per heavy atom. The number of nitrogens with two attached hydrogens (primary N) is 1. The van der Waals surface area contributed by atoms with E-state index in [2.05, 4.69) is 17.0 Å². The zero-order valence-corrected chi connectivity index (χ0v) is 8.63. The van der Waals surface area contributed by atoms with E-state index in [4.69, 9.17) is 5.73 Å². The van der Waals surface area contributed by atoms with Gasteiger partial charge in [-0.05, 0) is 19.4 Å². The van der Waals surface area contributed by atoms with Crippen molar-refractivity contribution in [3.8, 4) is 11.3 Å². The Kier molecular flexibility index (Phi) is 1.84. The molecule has 0 fully saturated rings. The number of hydrogen-bond acceptors (Lipinski definition) is 2. The molecule has 0 bridgehead atoms. The quantitative estimate of drug-likeness (QED) is 0.717. The van der Waals surface area contributed by atoms with E-state index < -0.39 is 0 Å². The van der Waals surface area contributed by atoms with Gasteiger partial charge in [-0.2, -0.15) is 5.10 Å². The molecule has 0 amide bonds. The van der Waals surface area contributed by atoms with Gasteiger partial charge in [0.05, 0.1) is 5.69 Å². The topological polar surface area (TPSA) is 59.6 Å². The third-order valence-corrected chi connectivity index (χ3v) is 2.45. The normalized spacial score (nSPS) is 10.8. The second-order valence-electron chi connectivity index (χ2n) is 3.55. The molecule has 2 heterocycles. The van der Waals surface area contributed by atoms with Crippen LogP contribution < -0.4 is 5.73 Å². The van der Waals surface area contributed by atoms with Gasteiger partial charge in [0.25, 0.3) is 0 Å². The van der Waals surface area contributed by atoms with E-state index in [1.165, 1.54) is 5.56 Å². The number of rotatable bonds is 1. The van der Waals surface area contributed by atoms with E-state index >= 15 is 0 Å². The maximum Gasteiger partial charge on any atom is 0.121 e. The molecule has 0 aliphatic heterocycles. The Bertz CT molecular complexity index is 425. The summed E-state index contributed by atoms with van der Waals surface area (Å²) in [6.45, 7) is 4.09. The number of hydrogen-bond donors (Lipinski definition) is 2. The number of aryl methyl sites for hydroxylation is 3. The average molecular weight is 190 g/mol. The highest BCUT2D eigenvalue weighted by atomic mass is 15.3. The molecule has 0 saturated carbocycles. The highest BCUT2D eigenvalue weighted by Gasteiger charge is 2.11. The van der Waals surface area contributed by atoms with Gasteiger partial charge in [0, 0.05) is 30.6 Å². The summed E-state index contributed by atoms with van der Waals surface area (Å²) in [5, 5.41) is 4.35. The van der Waals surface area contributed by atoms with E-state index in [0.29, 0.717) is 5.82 Å². The fourth-order valence-electron chi connectivity index (χ4n) is 1.65. The van der Waals surface area contributed by atoms with E-state index in [0.717, 1.165) is 17.0 Å². The Morgan fingerprint density at radius 3 is 2.57 bits per heavy atom. The fraction of sp³-hybridized carbons (Fsp3) is 0.300. The van der Waals surface area contributed by atoms with Gasteiger partial charge in [0.2, 0.25) is 0 Å². The molecule has 0 atom stereocenters. The van der Waals surface area contributed by atoms with Gasteiger partial charge in [0.1, 0.15) is 5.82 Å². The smallest absolute Gasteiger partial charge is 0.121 e. The minimum Gasteiger partial charge on any atom is -0.384 e. The third-order valence-electron chi connectivity index (χ3n) is 2.45. The Balaban J connectivity index is 2.59. The molecule has 0 radical (unpaired) electrons. The van der Waals surface area contributed by atoms with Gasteiger partial charge < -0.3 is 10.7 Å². The van der Waals surface area contributed by atoms with Crippen LogP contribution in [0.15, 0.2) is 12.3 Å². The molecule has 0 aliphatic carbocycles. The van der Waals surface area contributed by atoms with Crippen molar-refractivity contribution in [3.05, 3.63) is 23.5 Å². The highest BCUT2D eigenvalue weighted by molar-refractivity contribution is 5.68. The molecule has 14 heavy (non-hydrogen) atoms. The molecule has 0 aromatic carbocycles. The molecule has 2 rings (SSSR count). The first-order chi connectivity index (χ1) is 6.59. The Morgan fingerprint density at radius 2 is 2.14 bits per heavy atom. The molecule has 0 saturated heterocycles. The van der Waals surface area contributed by atoms with E-state index in [9.17, 15) is 0 Å². The van der Waals surface area contributed by atoms with E-state index in [-0.39, 0.29) is 0 Å². The number of nitrogens with zero attached hydrogens (tertiary/aromatic N) is 2. The summed E-state index contributed by atoms with van der Waals surface area (Å²) in [7, 11) is 1.84. The molecule has 2 aromatic rings. The molecule has 4 nitrogen and oxygen atoms in total. The molecular weight excluding hydrogens is 176 g/mol. The summed E-state index contributed by atoms with van der Waals surface area (Å²) in [5.74, 6) is 0.681. The van der Waals surface area contributed by atoms with Gasteiger partial charge in [-0.25, -0.2) is 0 Å². The monoisotopic (exact) mass is 190 g/mol. The zero-order chi connectivity index (χ0) is 10.3. The molecule has 74 valence electrons. The summed E-state index contributed by atoms with van der Waals surface area (Å²) in [5.41, 5.74) is 10.1. The maximum atomic E-state index is 5.74. The number of anilines is 1. The molecular formula is C10H14N4. The van der Waals surface area contributed by atoms with Crippen molar-refractivity contribution < 1.29 is 0 Å². The Labute approximate surface area is 82.7 Å². The predicted octanol–water partition coefficient (Wildman–Crippen LogP) is 1.61. The van der Waals surface area contributed by atoms with E-state index in [1.54, 1.807) is 4.68 Å².